The fourth-order valence-electron chi connectivity index (χ4n) is 3.95. The molecule has 5 nitrogen and oxygen atoms in total. The van der Waals surface area contributed by atoms with Crippen LogP contribution in [0.3, 0.4) is 0 Å². The maximum Gasteiger partial charge on any atom is 0.261 e. The van der Waals surface area contributed by atoms with E-state index in [1.165, 1.54) is 6.07 Å². The first-order chi connectivity index (χ1) is 13.0. The summed E-state index contributed by atoms with van der Waals surface area (Å²) in [6.45, 7) is 8.58. The van der Waals surface area contributed by atoms with Crippen LogP contribution in [0, 0.1) is 5.82 Å². The molecule has 27 heavy (non-hydrogen) atoms. The van der Waals surface area contributed by atoms with Crippen LogP contribution in [0.4, 0.5) is 4.39 Å². The highest BCUT2D eigenvalue weighted by Gasteiger charge is 2.27. The van der Waals surface area contributed by atoms with Gasteiger partial charge in [0.25, 0.3) is 5.56 Å². The predicted octanol–water partition coefficient (Wildman–Crippen LogP) is 3.80. The van der Waals surface area contributed by atoms with Crippen molar-refractivity contribution in [2.75, 3.05) is 33.2 Å². The molecule has 1 atom stereocenters. The minimum Gasteiger partial charge on any atom is -0.305 e. The standard InChI is InChI=1S/C20H28BrFN4O/c1-4-7-17(25-9-6-8-24(3)10-11-25)19-23-18-15(20(27)26(19)5-2)12-14(21)13-16(18)22/h12-13,17H,4-11H2,1-3H3. The summed E-state index contributed by atoms with van der Waals surface area (Å²) >= 11 is 3.28. The number of aromatic nitrogens is 2. The number of fused-ring (bicyclic) bond motifs is 1. The van der Waals surface area contributed by atoms with Crippen LogP contribution in [0.1, 0.15) is 45.0 Å². The largest absolute Gasteiger partial charge is 0.305 e. The zero-order chi connectivity index (χ0) is 19.6. The second-order valence-corrected chi connectivity index (χ2v) is 8.22. The molecule has 2 heterocycles. The Kier molecular flexibility index (Phi) is 6.65. The van der Waals surface area contributed by atoms with Crippen LogP contribution < -0.4 is 5.56 Å². The molecule has 0 N–H and O–H groups in total. The van der Waals surface area contributed by atoms with Crippen LogP contribution in [0.25, 0.3) is 10.9 Å². The van der Waals surface area contributed by atoms with Crippen LogP contribution in [-0.4, -0.2) is 52.6 Å². The fourth-order valence-corrected chi connectivity index (χ4v) is 4.38. The maximum absolute atomic E-state index is 14.6. The smallest absolute Gasteiger partial charge is 0.261 e. The van der Waals surface area contributed by atoms with Gasteiger partial charge in [-0.2, -0.15) is 0 Å². The molecule has 148 valence electrons. The Hall–Kier alpha value is -1.31. The molecule has 1 fully saturated rings. The van der Waals surface area contributed by atoms with E-state index in [0.29, 0.717) is 22.2 Å². The molecule has 0 radical (unpaired) electrons. The van der Waals surface area contributed by atoms with Crippen molar-refractivity contribution in [2.45, 2.75) is 45.7 Å². The Morgan fingerprint density at radius 3 is 2.70 bits per heavy atom. The van der Waals surface area contributed by atoms with E-state index in [-0.39, 0.29) is 17.1 Å². The average molecular weight is 439 g/mol. The third-order valence-corrected chi connectivity index (χ3v) is 5.84. The fraction of sp³-hybridized carbons (Fsp3) is 0.600. The molecule has 1 saturated heterocycles. The molecular formula is C20H28BrFN4O. The van der Waals surface area contributed by atoms with Gasteiger partial charge in [-0.25, -0.2) is 9.37 Å². The highest BCUT2D eigenvalue weighted by Crippen LogP contribution is 2.28. The van der Waals surface area contributed by atoms with Gasteiger partial charge in [-0.15, -0.1) is 0 Å². The van der Waals surface area contributed by atoms with E-state index in [9.17, 15) is 9.18 Å². The molecule has 1 aliphatic heterocycles. The summed E-state index contributed by atoms with van der Waals surface area (Å²) < 4.78 is 16.9. The molecule has 0 saturated carbocycles. The van der Waals surface area contributed by atoms with Crippen molar-refractivity contribution in [1.29, 1.82) is 0 Å². The van der Waals surface area contributed by atoms with Gasteiger partial charge >= 0.3 is 0 Å². The van der Waals surface area contributed by atoms with Gasteiger partial charge in [0.15, 0.2) is 5.82 Å². The van der Waals surface area contributed by atoms with E-state index in [1.807, 2.05) is 6.92 Å². The number of nitrogens with zero attached hydrogens (tertiary/aromatic N) is 4. The van der Waals surface area contributed by atoms with Crippen molar-refractivity contribution < 1.29 is 4.39 Å². The van der Waals surface area contributed by atoms with E-state index < -0.39 is 5.82 Å². The monoisotopic (exact) mass is 438 g/mol. The van der Waals surface area contributed by atoms with Crippen LogP contribution >= 0.6 is 15.9 Å². The third kappa shape index (κ3) is 4.25. The first-order valence-electron chi connectivity index (χ1n) is 9.78. The van der Waals surface area contributed by atoms with Gasteiger partial charge < -0.3 is 4.90 Å². The highest BCUT2D eigenvalue weighted by atomic mass is 79.9. The molecule has 2 aromatic rings. The van der Waals surface area contributed by atoms with Crippen molar-refractivity contribution in [1.82, 2.24) is 19.4 Å². The Morgan fingerprint density at radius 2 is 2.00 bits per heavy atom. The number of hydrogen-bond acceptors (Lipinski definition) is 4. The summed E-state index contributed by atoms with van der Waals surface area (Å²) in [6.07, 6.45) is 2.97. The number of likely N-dealkylation sites (N-methyl/N-ethyl adjacent to an activating group) is 1. The van der Waals surface area contributed by atoms with Crippen molar-refractivity contribution in [3.63, 3.8) is 0 Å². The molecule has 0 amide bonds. The third-order valence-electron chi connectivity index (χ3n) is 5.38. The van der Waals surface area contributed by atoms with Crippen molar-refractivity contribution >= 4 is 26.8 Å². The van der Waals surface area contributed by atoms with Gasteiger partial charge in [-0.1, -0.05) is 29.3 Å². The van der Waals surface area contributed by atoms with Crippen molar-refractivity contribution in [3.05, 3.63) is 38.6 Å². The molecule has 1 aliphatic rings. The minimum absolute atomic E-state index is 0.0293. The molecule has 0 spiro atoms. The molecule has 1 aromatic carbocycles. The van der Waals surface area contributed by atoms with Gasteiger partial charge in [0.05, 0.1) is 11.4 Å². The lowest BCUT2D eigenvalue weighted by molar-refractivity contribution is 0.180. The number of halogens is 2. The van der Waals surface area contributed by atoms with E-state index in [1.54, 1.807) is 10.6 Å². The zero-order valence-electron chi connectivity index (χ0n) is 16.3. The van der Waals surface area contributed by atoms with E-state index in [2.05, 4.69) is 39.7 Å². The van der Waals surface area contributed by atoms with Gasteiger partial charge in [-0.05, 0) is 45.5 Å². The second-order valence-electron chi connectivity index (χ2n) is 7.30. The van der Waals surface area contributed by atoms with Gasteiger partial charge in [0.1, 0.15) is 11.3 Å². The molecule has 3 rings (SSSR count). The SMILES string of the molecule is CCCC(c1nc2c(F)cc(Br)cc2c(=O)n1CC)N1CCCN(C)CC1. The minimum atomic E-state index is -0.452. The summed E-state index contributed by atoms with van der Waals surface area (Å²) in [5.41, 5.74) is 0.0155. The lowest BCUT2D eigenvalue weighted by atomic mass is 10.1. The summed E-state index contributed by atoms with van der Waals surface area (Å²) in [7, 11) is 2.14. The summed E-state index contributed by atoms with van der Waals surface area (Å²) in [6, 6.07) is 3.07. The normalized spacial score (nSPS) is 18.0. The lowest BCUT2D eigenvalue weighted by Crippen LogP contribution is -2.37. The number of hydrogen-bond donors (Lipinski definition) is 0. The van der Waals surface area contributed by atoms with Crippen LogP contribution in [0.15, 0.2) is 21.4 Å². The van der Waals surface area contributed by atoms with E-state index >= 15 is 0 Å². The lowest BCUT2D eigenvalue weighted by Gasteiger charge is -2.31. The van der Waals surface area contributed by atoms with Crippen LogP contribution in [-0.2, 0) is 6.54 Å². The van der Waals surface area contributed by atoms with E-state index in [0.717, 1.165) is 45.4 Å². The van der Waals surface area contributed by atoms with Crippen LogP contribution in [0.2, 0.25) is 0 Å². The highest BCUT2D eigenvalue weighted by molar-refractivity contribution is 9.10. The first-order valence-corrected chi connectivity index (χ1v) is 10.6. The molecule has 1 aromatic heterocycles. The summed E-state index contributed by atoms with van der Waals surface area (Å²) in [4.78, 5) is 22.6. The van der Waals surface area contributed by atoms with Gasteiger partial charge in [0, 0.05) is 30.7 Å². The Balaban J connectivity index is 2.15. The average Bonchev–Trinajstić information content (AvgIpc) is 2.85. The first kappa shape index (κ1) is 20.4. The maximum atomic E-state index is 14.6. The van der Waals surface area contributed by atoms with Gasteiger partial charge in [-0.3, -0.25) is 14.3 Å². The molecule has 1 unspecified atom stereocenters. The molecule has 7 heteroatoms. The van der Waals surface area contributed by atoms with Crippen molar-refractivity contribution in [2.24, 2.45) is 0 Å². The molecule has 0 bridgehead atoms. The Bertz CT molecular complexity index is 869. The number of benzene rings is 1. The number of rotatable bonds is 5. The molecular weight excluding hydrogens is 411 g/mol. The Morgan fingerprint density at radius 1 is 1.22 bits per heavy atom. The van der Waals surface area contributed by atoms with Gasteiger partial charge in [0.2, 0.25) is 0 Å². The summed E-state index contributed by atoms with van der Waals surface area (Å²) in [5, 5.41) is 0.332. The second kappa shape index (κ2) is 8.80. The topological polar surface area (TPSA) is 41.4 Å². The Labute approximate surface area is 168 Å². The zero-order valence-corrected chi connectivity index (χ0v) is 17.9. The molecule has 0 aliphatic carbocycles. The van der Waals surface area contributed by atoms with Crippen molar-refractivity contribution in [3.8, 4) is 0 Å². The summed E-state index contributed by atoms with van der Waals surface area (Å²) in [5.74, 6) is 0.245. The predicted molar refractivity (Wildman–Crippen MR) is 111 cm³/mol. The van der Waals surface area contributed by atoms with Crippen LogP contribution in [0.5, 0.6) is 0 Å². The quantitative estimate of drug-likeness (QED) is 0.711. The van der Waals surface area contributed by atoms with E-state index in [4.69, 9.17) is 4.98 Å².